The lowest BCUT2D eigenvalue weighted by atomic mass is 9.85. The van der Waals surface area contributed by atoms with E-state index in [2.05, 4.69) is 15.4 Å². The Bertz CT molecular complexity index is 568. The van der Waals surface area contributed by atoms with Crippen LogP contribution >= 0.6 is 0 Å². The van der Waals surface area contributed by atoms with Crippen molar-refractivity contribution in [3.05, 3.63) is 29.8 Å². The van der Waals surface area contributed by atoms with Gasteiger partial charge in [0, 0.05) is 6.04 Å². The van der Waals surface area contributed by atoms with Gasteiger partial charge in [-0.25, -0.2) is 0 Å². The fourth-order valence-corrected chi connectivity index (χ4v) is 3.88. The standard InChI is InChI=1S/C18H24F2N2O2/c1-11(12-6-4-7-14(9-12)24-18(19)20)21-17(23)16-10-13-5-2-3-8-15(13)22-16/h4,6-7,9,11,13,15-16,18,22H,2-3,5,8,10H2,1H3,(H,21,23). The monoisotopic (exact) mass is 338 g/mol. The third-order valence-electron chi connectivity index (χ3n) is 5.12. The minimum atomic E-state index is -2.85. The van der Waals surface area contributed by atoms with Crippen molar-refractivity contribution in [2.75, 3.05) is 0 Å². The Morgan fingerprint density at radius 2 is 2.12 bits per heavy atom. The maximum Gasteiger partial charge on any atom is 0.387 e. The number of rotatable bonds is 5. The lowest BCUT2D eigenvalue weighted by Gasteiger charge is -2.24. The highest BCUT2D eigenvalue weighted by Gasteiger charge is 2.38. The van der Waals surface area contributed by atoms with Gasteiger partial charge in [0.15, 0.2) is 0 Å². The second-order valence-corrected chi connectivity index (χ2v) is 6.79. The van der Waals surface area contributed by atoms with Gasteiger partial charge in [0.1, 0.15) is 5.75 Å². The predicted molar refractivity (Wildman–Crippen MR) is 86.9 cm³/mol. The van der Waals surface area contributed by atoms with E-state index in [1.54, 1.807) is 18.2 Å². The van der Waals surface area contributed by atoms with Crippen LogP contribution in [0.25, 0.3) is 0 Å². The Kier molecular flexibility index (Phi) is 5.33. The molecule has 1 saturated heterocycles. The molecular formula is C18H24F2N2O2. The van der Waals surface area contributed by atoms with Crippen LogP contribution in [0.2, 0.25) is 0 Å². The molecule has 3 rings (SSSR count). The fourth-order valence-electron chi connectivity index (χ4n) is 3.88. The summed E-state index contributed by atoms with van der Waals surface area (Å²) in [7, 11) is 0. The van der Waals surface area contributed by atoms with E-state index in [9.17, 15) is 13.6 Å². The number of fused-ring (bicyclic) bond motifs is 1. The molecule has 6 heteroatoms. The van der Waals surface area contributed by atoms with Gasteiger partial charge >= 0.3 is 6.61 Å². The maximum atomic E-state index is 12.5. The summed E-state index contributed by atoms with van der Waals surface area (Å²) in [6.07, 6.45) is 5.72. The van der Waals surface area contributed by atoms with Crippen LogP contribution in [0.4, 0.5) is 8.78 Å². The van der Waals surface area contributed by atoms with E-state index < -0.39 is 6.61 Å². The smallest absolute Gasteiger partial charge is 0.387 e. The zero-order valence-corrected chi connectivity index (χ0v) is 13.8. The molecule has 1 saturated carbocycles. The molecule has 1 amide bonds. The lowest BCUT2D eigenvalue weighted by molar-refractivity contribution is -0.123. The van der Waals surface area contributed by atoms with Gasteiger partial charge in [-0.3, -0.25) is 4.79 Å². The molecule has 1 aromatic rings. The topological polar surface area (TPSA) is 50.4 Å². The number of hydrogen-bond acceptors (Lipinski definition) is 3. The van der Waals surface area contributed by atoms with Crippen LogP contribution in [0.5, 0.6) is 5.75 Å². The third-order valence-corrected chi connectivity index (χ3v) is 5.12. The molecule has 4 nitrogen and oxygen atoms in total. The molecule has 24 heavy (non-hydrogen) atoms. The first kappa shape index (κ1) is 17.1. The Morgan fingerprint density at radius 1 is 1.33 bits per heavy atom. The van der Waals surface area contributed by atoms with Crippen molar-refractivity contribution in [2.24, 2.45) is 5.92 Å². The largest absolute Gasteiger partial charge is 0.435 e. The van der Waals surface area contributed by atoms with Crippen molar-refractivity contribution in [1.29, 1.82) is 0 Å². The molecule has 0 radical (unpaired) electrons. The molecule has 1 aliphatic heterocycles. The van der Waals surface area contributed by atoms with Gasteiger partial charge in [0.05, 0.1) is 12.1 Å². The van der Waals surface area contributed by atoms with E-state index in [-0.39, 0.29) is 23.7 Å². The Balaban J connectivity index is 1.58. The summed E-state index contributed by atoms with van der Waals surface area (Å²) in [5.41, 5.74) is 0.747. The van der Waals surface area contributed by atoms with Gasteiger partial charge in [0.2, 0.25) is 5.91 Å². The Morgan fingerprint density at radius 3 is 2.88 bits per heavy atom. The number of nitrogens with one attached hydrogen (secondary N) is 2. The van der Waals surface area contributed by atoms with Gasteiger partial charge < -0.3 is 15.4 Å². The highest BCUT2D eigenvalue weighted by Crippen LogP contribution is 2.33. The highest BCUT2D eigenvalue weighted by atomic mass is 19.3. The quantitative estimate of drug-likeness (QED) is 0.865. The summed E-state index contributed by atoms with van der Waals surface area (Å²) >= 11 is 0. The van der Waals surface area contributed by atoms with Crippen LogP contribution in [0, 0.1) is 5.92 Å². The van der Waals surface area contributed by atoms with E-state index in [1.165, 1.54) is 25.3 Å². The van der Waals surface area contributed by atoms with E-state index >= 15 is 0 Å². The van der Waals surface area contributed by atoms with E-state index in [0.29, 0.717) is 12.0 Å². The SMILES string of the molecule is CC(NC(=O)C1CC2CCCCC2N1)c1cccc(OC(F)F)c1. The van der Waals surface area contributed by atoms with Crippen LogP contribution in [0.15, 0.2) is 24.3 Å². The number of amides is 1. The van der Waals surface area contributed by atoms with Crippen molar-refractivity contribution in [2.45, 2.75) is 63.8 Å². The maximum absolute atomic E-state index is 12.5. The zero-order valence-electron chi connectivity index (χ0n) is 13.8. The number of carbonyl (C=O) groups excluding carboxylic acids is 1. The lowest BCUT2D eigenvalue weighted by Crippen LogP contribution is -2.43. The first-order valence-electron chi connectivity index (χ1n) is 8.64. The second kappa shape index (κ2) is 7.47. The Labute approximate surface area is 141 Å². The number of hydrogen-bond donors (Lipinski definition) is 2. The average molecular weight is 338 g/mol. The fraction of sp³-hybridized carbons (Fsp3) is 0.611. The van der Waals surface area contributed by atoms with Gasteiger partial charge in [-0.15, -0.1) is 0 Å². The van der Waals surface area contributed by atoms with Crippen molar-refractivity contribution in [3.8, 4) is 5.75 Å². The number of carbonyl (C=O) groups is 1. The molecule has 2 aliphatic rings. The number of halogens is 2. The minimum absolute atomic E-state index is 0.0166. The summed E-state index contributed by atoms with van der Waals surface area (Å²) in [6.45, 7) is -1.00. The van der Waals surface area contributed by atoms with Gasteiger partial charge in [-0.2, -0.15) is 8.78 Å². The predicted octanol–water partition coefficient (Wildman–Crippen LogP) is 3.39. The van der Waals surface area contributed by atoms with Crippen LogP contribution in [-0.4, -0.2) is 24.6 Å². The minimum Gasteiger partial charge on any atom is -0.435 e. The summed E-state index contributed by atoms with van der Waals surface area (Å²) in [6, 6.07) is 6.52. The molecule has 0 spiro atoms. The van der Waals surface area contributed by atoms with Crippen LogP contribution < -0.4 is 15.4 Å². The first-order chi connectivity index (χ1) is 11.5. The molecule has 1 heterocycles. The third kappa shape index (κ3) is 4.04. The van der Waals surface area contributed by atoms with Gasteiger partial charge in [-0.1, -0.05) is 25.0 Å². The van der Waals surface area contributed by atoms with E-state index in [0.717, 1.165) is 18.4 Å². The number of ether oxygens (including phenoxy) is 1. The molecule has 2 fully saturated rings. The van der Waals surface area contributed by atoms with Crippen molar-refractivity contribution in [3.63, 3.8) is 0 Å². The molecule has 132 valence electrons. The van der Waals surface area contributed by atoms with Gasteiger partial charge in [-0.05, 0) is 49.8 Å². The molecule has 0 bridgehead atoms. The normalized spacial score (nSPS) is 27.6. The molecule has 4 unspecified atom stereocenters. The highest BCUT2D eigenvalue weighted by molar-refractivity contribution is 5.82. The molecule has 2 N–H and O–H groups in total. The molecule has 1 aromatic carbocycles. The number of alkyl halides is 2. The zero-order chi connectivity index (χ0) is 17.1. The molecule has 0 aromatic heterocycles. The van der Waals surface area contributed by atoms with Gasteiger partial charge in [0.25, 0.3) is 0 Å². The van der Waals surface area contributed by atoms with Crippen molar-refractivity contribution >= 4 is 5.91 Å². The van der Waals surface area contributed by atoms with Crippen molar-refractivity contribution < 1.29 is 18.3 Å². The second-order valence-electron chi connectivity index (χ2n) is 6.79. The van der Waals surface area contributed by atoms with Crippen LogP contribution in [-0.2, 0) is 4.79 Å². The molecule has 4 atom stereocenters. The van der Waals surface area contributed by atoms with Crippen LogP contribution in [0.3, 0.4) is 0 Å². The summed E-state index contributed by atoms with van der Waals surface area (Å²) in [5.74, 6) is 0.693. The number of benzene rings is 1. The first-order valence-corrected chi connectivity index (χ1v) is 8.64. The summed E-state index contributed by atoms with van der Waals surface area (Å²) < 4.78 is 29.0. The average Bonchev–Trinajstić information content (AvgIpc) is 2.98. The van der Waals surface area contributed by atoms with E-state index in [4.69, 9.17) is 0 Å². The summed E-state index contributed by atoms with van der Waals surface area (Å²) in [5, 5.41) is 6.43. The van der Waals surface area contributed by atoms with Crippen molar-refractivity contribution in [1.82, 2.24) is 10.6 Å². The van der Waals surface area contributed by atoms with Crippen LogP contribution in [0.1, 0.15) is 50.6 Å². The molecule has 1 aliphatic carbocycles. The van der Waals surface area contributed by atoms with E-state index in [1.807, 2.05) is 6.92 Å². The Hall–Kier alpha value is -1.69. The molecular weight excluding hydrogens is 314 g/mol. The summed E-state index contributed by atoms with van der Waals surface area (Å²) in [4.78, 5) is 12.5.